The molecule has 0 saturated carbocycles. The Bertz CT molecular complexity index is 1340. The monoisotopic (exact) mass is 537 g/mol. The van der Waals surface area contributed by atoms with Crippen LogP contribution in [0, 0.1) is 5.82 Å². The Kier molecular flexibility index (Phi) is 8.18. The molecule has 0 radical (unpaired) electrons. The molecule has 2 aliphatic heterocycles. The number of benzene rings is 3. The number of likely N-dealkylation sites (tertiary alicyclic amines) is 1. The molecule has 0 aromatic heterocycles. The number of sulfonamides is 1. The summed E-state index contributed by atoms with van der Waals surface area (Å²) in [6, 6.07) is 22.8. The van der Waals surface area contributed by atoms with Crippen LogP contribution >= 0.6 is 0 Å². The smallest absolute Gasteiger partial charge is 0.261 e. The van der Waals surface area contributed by atoms with Gasteiger partial charge < -0.3 is 9.64 Å². The van der Waals surface area contributed by atoms with Gasteiger partial charge in [-0.15, -0.1) is 0 Å². The van der Waals surface area contributed by atoms with E-state index in [1.54, 1.807) is 4.90 Å². The van der Waals surface area contributed by atoms with E-state index in [2.05, 4.69) is 17.0 Å². The second kappa shape index (κ2) is 11.7. The second-order valence-corrected chi connectivity index (χ2v) is 11.6. The summed E-state index contributed by atoms with van der Waals surface area (Å²) in [4.78, 5) is 17.8. The van der Waals surface area contributed by atoms with Gasteiger partial charge in [-0.2, -0.15) is 4.31 Å². The fourth-order valence-electron chi connectivity index (χ4n) is 5.15. The Morgan fingerprint density at radius 1 is 0.895 bits per heavy atom. The Morgan fingerprint density at radius 2 is 1.53 bits per heavy atom. The number of amides is 1. The maximum Gasteiger partial charge on any atom is 0.261 e. The molecule has 9 heteroatoms. The second-order valence-electron chi connectivity index (χ2n) is 9.66. The van der Waals surface area contributed by atoms with Crippen LogP contribution in [0.2, 0.25) is 0 Å². The van der Waals surface area contributed by atoms with E-state index in [0.717, 1.165) is 38.5 Å². The summed E-state index contributed by atoms with van der Waals surface area (Å²) >= 11 is 0. The molecule has 2 saturated heterocycles. The number of carbonyl (C=O) groups excluding carboxylic acids is 1. The van der Waals surface area contributed by atoms with E-state index in [4.69, 9.17) is 4.74 Å². The molecule has 0 spiro atoms. The zero-order valence-electron chi connectivity index (χ0n) is 21.2. The number of anilines is 1. The lowest BCUT2D eigenvalue weighted by Gasteiger charge is -2.38. The number of morpholine rings is 1. The molecular weight excluding hydrogens is 505 g/mol. The summed E-state index contributed by atoms with van der Waals surface area (Å²) in [5.41, 5.74) is 1.66. The Labute approximate surface area is 223 Å². The number of ether oxygens (including phenoxy) is 1. The molecule has 200 valence electrons. The quantitative estimate of drug-likeness (QED) is 0.453. The van der Waals surface area contributed by atoms with Gasteiger partial charge in [-0.3, -0.25) is 9.69 Å². The molecule has 3 aromatic carbocycles. The molecule has 38 heavy (non-hydrogen) atoms. The highest BCUT2D eigenvalue weighted by molar-refractivity contribution is 7.89. The van der Waals surface area contributed by atoms with Crippen molar-refractivity contribution in [3.63, 3.8) is 0 Å². The van der Waals surface area contributed by atoms with Gasteiger partial charge in [-0.05, 0) is 48.7 Å². The molecule has 0 aliphatic carbocycles. The average Bonchev–Trinajstić information content (AvgIpc) is 2.96. The van der Waals surface area contributed by atoms with Crippen molar-refractivity contribution in [1.29, 1.82) is 0 Å². The molecular formula is C29H32FN3O4S. The lowest BCUT2D eigenvalue weighted by molar-refractivity contribution is 0.0730. The van der Waals surface area contributed by atoms with Crippen LogP contribution in [-0.4, -0.2) is 69.0 Å². The maximum absolute atomic E-state index is 15.1. The van der Waals surface area contributed by atoms with Crippen LogP contribution in [0.15, 0.2) is 83.8 Å². The van der Waals surface area contributed by atoms with Gasteiger partial charge in [-0.1, -0.05) is 48.5 Å². The highest BCUT2D eigenvalue weighted by Crippen LogP contribution is 2.29. The lowest BCUT2D eigenvalue weighted by Crippen LogP contribution is -2.47. The lowest BCUT2D eigenvalue weighted by atomic mass is 10.00. The molecule has 5 rings (SSSR count). The topological polar surface area (TPSA) is 70.2 Å². The van der Waals surface area contributed by atoms with Gasteiger partial charge in [-0.25, -0.2) is 12.8 Å². The minimum atomic E-state index is -3.88. The van der Waals surface area contributed by atoms with E-state index in [1.165, 1.54) is 22.0 Å². The van der Waals surface area contributed by atoms with Crippen LogP contribution in [0.25, 0.3) is 0 Å². The van der Waals surface area contributed by atoms with Gasteiger partial charge in [0.05, 0.1) is 23.7 Å². The van der Waals surface area contributed by atoms with Gasteiger partial charge in [0, 0.05) is 44.5 Å². The summed E-state index contributed by atoms with van der Waals surface area (Å²) < 4.78 is 48.1. The summed E-state index contributed by atoms with van der Waals surface area (Å²) in [5, 5.41) is 0. The number of rotatable bonds is 7. The molecule has 2 aliphatic rings. The van der Waals surface area contributed by atoms with E-state index in [9.17, 15) is 13.2 Å². The number of carbonyl (C=O) groups is 1. The first-order valence-corrected chi connectivity index (χ1v) is 14.4. The number of hydrogen-bond donors (Lipinski definition) is 0. The van der Waals surface area contributed by atoms with Crippen molar-refractivity contribution in [3.05, 3.63) is 95.8 Å². The van der Waals surface area contributed by atoms with Crippen molar-refractivity contribution in [1.82, 2.24) is 9.21 Å². The van der Waals surface area contributed by atoms with Crippen molar-refractivity contribution in [3.8, 4) is 0 Å². The third-order valence-electron chi connectivity index (χ3n) is 7.20. The van der Waals surface area contributed by atoms with Crippen molar-refractivity contribution < 1.29 is 22.3 Å². The number of piperidine rings is 1. The maximum atomic E-state index is 15.1. The molecule has 7 nitrogen and oxygen atoms in total. The molecule has 3 aromatic rings. The molecule has 0 bridgehead atoms. The highest BCUT2D eigenvalue weighted by Gasteiger charge is 2.33. The predicted octanol–water partition coefficient (Wildman–Crippen LogP) is 4.16. The zero-order valence-corrected chi connectivity index (χ0v) is 22.0. The largest absolute Gasteiger partial charge is 0.379 e. The van der Waals surface area contributed by atoms with Crippen LogP contribution in [0.1, 0.15) is 28.8 Å². The third kappa shape index (κ3) is 5.81. The van der Waals surface area contributed by atoms with Crippen LogP contribution in [-0.2, 0) is 21.3 Å². The molecule has 0 N–H and O–H groups in total. The van der Waals surface area contributed by atoms with Gasteiger partial charge >= 0.3 is 0 Å². The Balaban J connectivity index is 1.40. The van der Waals surface area contributed by atoms with Crippen LogP contribution in [0.3, 0.4) is 0 Å². The molecule has 0 atom stereocenters. The van der Waals surface area contributed by atoms with Crippen molar-refractivity contribution in [2.75, 3.05) is 44.3 Å². The summed E-state index contributed by atoms with van der Waals surface area (Å²) in [7, 11) is -3.88. The van der Waals surface area contributed by atoms with E-state index in [0.29, 0.717) is 18.9 Å². The van der Waals surface area contributed by atoms with Crippen LogP contribution in [0.5, 0.6) is 0 Å². The molecule has 2 fully saturated rings. The number of hydrogen-bond acceptors (Lipinski definition) is 5. The third-order valence-corrected chi connectivity index (χ3v) is 9.10. The first-order chi connectivity index (χ1) is 18.4. The van der Waals surface area contributed by atoms with E-state index in [1.807, 2.05) is 48.5 Å². The summed E-state index contributed by atoms with van der Waals surface area (Å²) in [6.45, 7) is 3.48. The minimum absolute atomic E-state index is 0.0881. The first kappa shape index (κ1) is 26.5. The normalized spacial score (nSPS) is 17.8. The molecule has 1 amide bonds. The standard InChI is InChI=1S/C29H32FN3O4S/c30-28-12-11-26(38(35,36)32-17-19-37-20-18-32)21-27(28)29(34)33(24-9-5-2-6-10-24)25-13-15-31(16-14-25)22-23-7-3-1-4-8-23/h1-12,21,25H,13-20,22H2. The van der Waals surface area contributed by atoms with Crippen molar-refractivity contribution in [2.24, 2.45) is 0 Å². The Hall–Kier alpha value is -3.11. The van der Waals surface area contributed by atoms with E-state index in [-0.39, 0.29) is 29.6 Å². The van der Waals surface area contributed by atoms with Crippen LogP contribution < -0.4 is 4.90 Å². The summed E-state index contributed by atoms with van der Waals surface area (Å²) in [6.07, 6.45) is 1.45. The zero-order chi connectivity index (χ0) is 26.5. The van der Waals surface area contributed by atoms with Crippen molar-refractivity contribution >= 4 is 21.6 Å². The van der Waals surface area contributed by atoms with Crippen LogP contribution in [0.4, 0.5) is 10.1 Å². The predicted molar refractivity (Wildman–Crippen MR) is 144 cm³/mol. The van der Waals surface area contributed by atoms with Gasteiger partial charge in [0.1, 0.15) is 5.82 Å². The number of halogens is 1. The van der Waals surface area contributed by atoms with E-state index < -0.39 is 21.7 Å². The fraction of sp³-hybridized carbons (Fsp3) is 0.345. The summed E-state index contributed by atoms with van der Waals surface area (Å²) in [5.74, 6) is -1.27. The van der Waals surface area contributed by atoms with Gasteiger partial charge in [0.25, 0.3) is 5.91 Å². The number of nitrogens with zero attached hydrogens (tertiary/aromatic N) is 3. The Morgan fingerprint density at radius 3 is 2.18 bits per heavy atom. The van der Waals surface area contributed by atoms with Gasteiger partial charge in [0.2, 0.25) is 10.0 Å². The van der Waals surface area contributed by atoms with Crippen molar-refractivity contribution in [2.45, 2.75) is 30.3 Å². The minimum Gasteiger partial charge on any atom is -0.379 e. The molecule has 2 heterocycles. The SMILES string of the molecule is O=C(c1cc(S(=O)(=O)N2CCOCC2)ccc1F)N(c1ccccc1)C1CCN(Cc2ccccc2)CC1. The number of para-hydroxylation sites is 1. The highest BCUT2D eigenvalue weighted by atomic mass is 32.2. The fourth-order valence-corrected chi connectivity index (χ4v) is 6.59. The average molecular weight is 538 g/mol. The first-order valence-electron chi connectivity index (χ1n) is 13.0. The van der Waals surface area contributed by atoms with E-state index >= 15 is 4.39 Å². The molecule has 0 unspecified atom stereocenters. The van der Waals surface area contributed by atoms with Gasteiger partial charge in [0.15, 0.2) is 0 Å².